The maximum Gasteiger partial charge on any atom is 0.251 e. The van der Waals surface area contributed by atoms with E-state index in [4.69, 9.17) is 4.42 Å². The summed E-state index contributed by atoms with van der Waals surface area (Å²) in [5.41, 5.74) is 3.08. The number of furan rings is 1. The number of aryl methyl sites for hydroxylation is 1. The molecule has 1 atom stereocenters. The predicted molar refractivity (Wildman–Crippen MR) is 135 cm³/mol. The highest BCUT2D eigenvalue weighted by molar-refractivity contribution is 6.01. The van der Waals surface area contributed by atoms with Gasteiger partial charge < -0.3 is 9.73 Å². The number of carbonyl (C=O) groups is 2. The maximum atomic E-state index is 14.0. The first-order chi connectivity index (χ1) is 17.0. The number of para-hydroxylation sites is 2. The van der Waals surface area contributed by atoms with Gasteiger partial charge in [0.2, 0.25) is 5.91 Å². The molecule has 0 radical (unpaired) electrons. The van der Waals surface area contributed by atoms with Gasteiger partial charge in [-0.2, -0.15) is 0 Å². The van der Waals surface area contributed by atoms with Gasteiger partial charge in [-0.1, -0.05) is 56.3 Å². The number of hydrogen-bond donors (Lipinski definition) is 1. The molecule has 2 aromatic heterocycles. The van der Waals surface area contributed by atoms with E-state index in [1.165, 1.54) is 6.26 Å². The highest BCUT2D eigenvalue weighted by Crippen LogP contribution is 2.32. The molecule has 0 bridgehead atoms. The van der Waals surface area contributed by atoms with Crippen molar-refractivity contribution in [3.8, 4) is 0 Å². The van der Waals surface area contributed by atoms with Crippen molar-refractivity contribution in [1.29, 1.82) is 0 Å². The molecule has 1 N–H and O–H groups in total. The van der Waals surface area contributed by atoms with Gasteiger partial charge >= 0.3 is 0 Å². The summed E-state index contributed by atoms with van der Waals surface area (Å²) in [5, 5.41) is 11.4. The number of nitrogens with one attached hydrogen (secondary N) is 1. The molecule has 0 saturated carbocycles. The lowest BCUT2D eigenvalue weighted by atomic mass is 10.0. The second-order valence-corrected chi connectivity index (χ2v) is 8.87. The molecule has 8 heteroatoms. The minimum atomic E-state index is -0.966. The van der Waals surface area contributed by atoms with Crippen molar-refractivity contribution in [3.05, 3.63) is 78.3 Å². The minimum absolute atomic E-state index is 0.0744. The SMILES string of the molecule is CCc1ccccc1N(C(=O)Cn1nnc2ccccc21)[C@@H](C(=O)NCCC(C)C)c1ccco1. The van der Waals surface area contributed by atoms with E-state index in [1.54, 1.807) is 21.7 Å². The van der Waals surface area contributed by atoms with Crippen LogP contribution in [0.4, 0.5) is 5.69 Å². The molecule has 0 spiro atoms. The summed E-state index contributed by atoms with van der Waals surface area (Å²) in [5.74, 6) is 0.261. The van der Waals surface area contributed by atoms with E-state index >= 15 is 0 Å². The lowest BCUT2D eigenvalue weighted by Crippen LogP contribution is -2.45. The Hall–Kier alpha value is -3.94. The van der Waals surface area contributed by atoms with Crippen molar-refractivity contribution >= 4 is 28.5 Å². The summed E-state index contributed by atoms with van der Waals surface area (Å²) in [6, 6.07) is 17.6. The van der Waals surface area contributed by atoms with E-state index in [2.05, 4.69) is 29.5 Å². The Morgan fingerprint density at radius 3 is 2.57 bits per heavy atom. The van der Waals surface area contributed by atoms with E-state index in [0.29, 0.717) is 35.8 Å². The Balaban J connectivity index is 1.75. The average molecular weight is 474 g/mol. The number of nitrogens with zero attached hydrogens (tertiary/aromatic N) is 4. The van der Waals surface area contributed by atoms with Crippen LogP contribution in [0.3, 0.4) is 0 Å². The second-order valence-electron chi connectivity index (χ2n) is 8.87. The summed E-state index contributed by atoms with van der Waals surface area (Å²) in [6.07, 6.45) is 3.05. The Morgan fingerprint density at radius 2 is 1.83 bits per heavy atom. The standard InChI is InChI=1S/C27H31N5O3/c1-4-20-10-5-7-12-22(20)32(25(33)18-31-23-13-8-6-11-21(23)29-30-31)26(24-14-9-17-35-24)27(34)28-16-15-19(2)3/h5-14,17,19,26H,4,15-16,18H2,1-3H3,(H,28,34)/t26-/m1/s1. The third-order valence-electron chi connectivity index (χ3n) is 5.95. The molecule has 0 aliphatic rings. The summed E-state index contributed by atoms with van der Waals surface area (Å²) in [6.45, 7) is 6.67. The maximum absolute atomic E-state index is 14.0. The van der Waals surface area contributed by atoms with Gasteiger partial charge in [-0.3, -0.25) is 14.5 Å². The fourth-order valence-corrected chi connectivity index (χ4v) is 4.10. The molecule has 4 rings (SSSR count). The van der Waals surface area contributed by atoms with Crippen molar-refractivity contribution in [2.75, 3.05) is 11.4 Å². The van der Waals surface area contributed by atoms with Gasteiger partial charge in [-0.25, -0.2) is 4.68 Å². The van der Waals surface area contributed by atoms with Gasteiger partial charge in [0.25, 0.3) is 5.91 Å². The molecule has 8 nitrogen and oxygen atoms in total. The van der Waals surface area contributed by atoms with Crippen LogP contribution < -0.4 is 10.2 Å². The van der Waals surface area contributed by atoms with Gasteiger partial charge in [0.05, 0.1) is 11.8 Å². The molecule has 2 amide bonds. The summed E-state index contributed by atoms with van der Waals surface area (Å²) >= 11 is 0. The van der Waals surface area contributed by atoms with E-state index in [0.717, 1.165) is 17.5 Å². The Kier molecular flexibility index (Phi) is 7.60. The first kappa shape index (κ1) is 24.2. The van der Waals surface area contributed by atoms with Crippen molar-refractivity contribution in [3.63, 3.8) is 0 Å². The van der Waals surface area contributed by atoms with E-state index in [9.17, 15) is 9.59 Å². The van der Waals surface area contributed by atoms with Gasteiger partial charge in [-0.15, -0.1) is 5.10 Å². The quantitative estimate of drug-likeness (QED) is 0.365. The minimum Gasteiger partial charge on any atom is -0.467 e. The van der Waals surface area contributed by atoms with Crippen LogP contribution >= 0.6 is 0 Å². The van der Waals surface area contributed by atoms with Gasteiger partial charge in [0.1, 0.15) is 17.8 Å². The third kappa shape index (κ3) is 5.42. The molecule has 0 aliphatic carbocycles. The molecule has 0 saturated heterocycles. The van der Waals surface area contributed by atoms with Crippen LogP contribution in [-0.4, -0.2) is 33.4 Å². The Bertz CT molecular complexity index is 1280. The van der Waals surface area contributed by atoms with Crippen LogP contribution in [0.25, 0.3) is 11.0 Å². The molecule has 0 unspecified atom stereocenters. The van der Waals surface area contributed by atoms with Crippen LogP contribution in [0.1, 0.15) is 44.6 Å². The van der Waals surface area contributed by atoms with E-state index in [-0.39, 0.29) is 18.4 Å². The van der Waals surface area contributed by atoms with Crippen molar-refractivity contribution < 1.29 is 14.0 Å². The van der Waals surface area contributed by atoms with Crippen LogP contribution in [0.15, 0.2) is 71.3 Å². The van der Waals surface area contributed by atoms with Crippen LogP contribution in [-0.2, 0) is 22.6 Å². The summed E-state index contributed by atoms with van der Waals surface area (Å²) in [7, 11) is 0. The molecule has 2 heterocycles. The van der Waals surface area contributed by atoms with Gasteiger partial charge in [0.15, 0.2) is 6.04 Å². The molecular formula is C27H31N5O3. The second kappa shape index (κ2) is 11.0. The van der Waals surface area contributed by atoms with Crippen LogP contribution in [0, 0.1) is 5.92 Å². The number of fused-ring (bicyclic) bond motifs is 1. The van der Waals surface area contributed by atoms with E-state index in [1.807, 2.05) is 55.5 Å². The smallest absolute Gasteiger partial charge is 0.251 e. The Morgan fingerprint density at radius 1 is 1.06 bits per heavy atom. The highest BCUT2D eigenvalue weighted by Gasteiger charge is 2.36. The number of anilines is 1. The fourth-order valence-electron chi connectivity index (χ4n) is 4.10. The summed E-state index contributed by atoms with van der Waals surface area (Å²) in [4.78, 5) is 29.1. The fraction of sp³-hybridized carbons (Fsp3) is 0.333. The molecule has 2 aromatic carbocycles. The number of amides is 2. The van der Waals surface area contributed by atoms with E-state index < -0.39 is 6.04 Å². The zero-order valence-corrected chi connectivity index (χ0v) is 20.3. The first-order valence-corrected chi connectivity index (χ1v) is 12.0. The van der Waals surface area contributed by atoms with Crippen molar-refractivity contribution in [2.24, 2.45) is 5.92 Å². The number of benzene rings is 2. The number of hydrogen-bond acceptors (Lipinski definition) is 5. The summed E-state index contributed by atoms with van der Waals surface area (Å²) < 4.78 is 7.25. The van der Waals surface area contributed by atoms with Crippen molar-refractivity contribution in [1.82, 2.24) is 20.3 Å². The molecule has 4 aromatic rings. The average Bonchev–Trinajstić information content (AvgIpc) is 3.53. The number of rotatable bonds is 10. The third-order valence-corrected chi connectivity index (χ3v) is 5.95. The highest BCUT2D eigenvalue weighted by atomic mass is 16.3. The normalized spacial score (nSPS) is 12.1. The van der Waals surface area contributed by atoms with Crippen LogP contribution in [0.5, 0.6) is 0 Å². The van der Waals surface area contributed by atoms with Crippen LogP contribution in [0.2, 0.25) is 0 Å². The molecule has 0 fully saturated rings. The van der Waals surface area contributed by atoms with Gasteiger partial charge in [0, 0.05) is 12.2 Å². The topological polar surface area (TPSA) is 93.3 Å². The number of aromatic nitrogens is 3. The lowest BCUT2D eigenvalue weighted by Gasteiger charge is -2.31. The van der Waals surface area contributed by atoms with Crippen molar-refractivity contribution in [2.45, 2.75) is 46.2 Å². The molecular weight excluding hydrogens is 442 g/mol. The molecule has 35 heavy (non-hydrogen) atoms. The molecule has 182 valence electrons. The van der Waals surface area contributed by atoms with Gasteiger partial charge in [-0.05, 0) is 54.7 Å². The number of carbonyl (C=O) groups excluding carboxylic acids is 2. The monoisotopic (exact) mass is 473 g/mol. The Labute approximate surface area is 204 Å². The zero-order valence-electron chi connectivity index (χ0n) is 20.3. The first-order valence-electron chi connectivity index (χ1n) is 12.0. The molecule has 0 aliphatic heterocycles. The predicted octanol–water partition coefficient (Wildman–Crippen LogP) is 4.52. The largest absolute Gasteiger partial charge is 0.467 e. The zero-order chi connectivity index (χ0) is 24.8. The lowest BCUT2D eigenvalue weighted by molar-refractivity contribution is -0.127.